The molecule has 2 aromatic carbocycles. The largest absolute Gasteiger partial charge is 0.383 e. The fraction of sp³-hybridized carbons (Fsp3) is 0.250. The molecule has 0 bridgehead atoms. The van der Waals surface area contributed by atoms with Gasteiger partial charge in [0.2, 0.25) is 0 Å². The van der Waals surface area contributed by atoms with Crippen LogP contribution in [0.25, 0.3) is 21.9 Å². The summed E-state index contributed by atoms with van der Waals surface area (Å²) in [5.74, 6) is 0.319. The second kappa shape index (κ2) is 8.71. The number of ether oxygens (including phenoxy) is 1. The van der Waals surface area contributed by atoms with Gasteiger partial charge in [0, 0.05) is 12.1 Å². The van der Waals surface area contributed by atoms with Crippen LogP contribution in [0.5, 0.6) is 0 Å². The standard InChI is InChI=1S/C20H17ClF2N4O2S/c1-29-9-8-26-18(28)13-7-6-12(21)10-15(13)25-20(26)30-11-17-24-14-4-2-3-5-16(14)27(17)19(22)23/h2-7,10,19H,8-9,11H2,1H3. The third-order valence-corrected chi connectivity index (χ3v) is 5.80. The Labute approximate surface area is 179 Å². The SMILES string of the molecule is COCCn1c(SCc2nc3ccccc3n2C(F)F)nc2cc(Cl)ccc2c1=O. The molecule has 0 aliphatic carbocycles. The maximum absolute atomic E-state index is 13.7. The molecule has 0 fully saturated rings. The lowest BCUT2D eigenvalue weighted by molar-refractivity contribution is 0.0722. The van der Waals surface area contributed by atoms with E-state index in [0.717, 1.165) is 4.57 Å². The topological polar surface area (TPSA) is 61.9 Å². The van der Waals surface area contributed by atoms with Gasteiger partial charge in [-0.15, -0.1) is 0 Å². The fourth-order valence-corrected chi connectivity index (χ4v) is 4.33. The Kier molecular flexibility index (Phi) is 6.03. The molecule has 0 amide bonds. The molecule has 4 rings (SSSR count). The first-order valence-electron chi connectivity index (χ1n) is 9.05. The van der Waals surface area contributed by atoms with E-state index in [9.17, 15) is 13.6 Å². The predicted molar refractivity (Wildman–Crippen MR) is 113 cm³/mol. The number of halogens is 3. The van der Waals surface area contributed by atoms with Gasteiger partial charge in [-0.3, -0.25) is 13.9 Å². The van der Waals surface area contributed by atoms with Crippen molar-refractivity contribution in [2.24, 2.45) is 0 Å². The van der Waals surface area contributed by atoms with Crippen LogP contribution in [-0.2, 0) is 17.0 Å². The summed E-state index contributed by atoms with van der Waals surface area (Å²) >= 11 is 7.22. The Balaban J connectivity index is 1.76. The van der Waals surface area contributed by atoms with Crippen LogP contribution in [-0.4, -0.2) is 32.8 Å². The third kappa shape index (κ3) is 3.92. The maximum Gasteiger partial charge on any atom is 0.320 e. The van der Waals surface area contributed by atoms with Crippen LogP contribution in [0.1, 0.15) is 12.4 Å². The van der Waals surface area contributed by atoms with Crippen molar-refractivity contribution in [2.45, 2.75) is 24.0 Å². The number of methoxy groups -OCH3 is 1. The van der Waals surface area contributed by atoms with Gasteiger partial charge in [-0.25, -0.2) is 9.97 Å². The fourth-order valence-electron chi connectivity index (χ4n) is 3.21. The molecule has 0 radical (unpaired) electrons. The summed E-state index contributed by atoms with van der Waals surface area (Å²) < 4.78 is 34.9. The van der Waals surface area contributed by atoms with Gasteiger partial charge in [0.25, 0.3) is 5.56 Å². The van der Waals surface area contributed by atoms with Crippen LogP contribution in [0.15, 0.2) is 52.4 Å². The Morgan fingerprint density at radius 2 is 1.97 bits per heavy atom. The average molecular weight is 451 g/mol. The van der Waals surface area contributed by atoms with Crippen LogP contribution >= 0.6 is 23.4 Å². The highest BCUT2D eigenvalue weighted by molar-refractivity contribution is 7.98. The summed E-state index contributed by atoms with van der Waals surface area (Å²) in [6.07, 6.45) is 0. The van der Waals surface area contributed by atoms with Crippen molar-refractivity contribution in [3.8, 4) is 0 Å². The zero-order chi connectivity index (χ0) is 21.3. The first kappa shape index (κ1) is 20.8. The minimum absolute atomic E-state index is 0.116. The van der Waals surface area contributed by atoms with E-state index in [1.807, 2.05) is 0 Å². The molecular formula is C20H17ClF2N4O2S. The number of aromatic nitrogens is 4. The molecule has 0 saturated heterocycles. The molecule has 0 unspecified atom stereocenters. The summed E-state index contributed by atoms with van der Waals surface area (Å²) in [4.78, 5) is 21.9. The highest BCUT2D eigenvalue weighted by Crippen LogP contribution is 2.28. The Hall–Kier alpha value is -2.49. The molecule has 30 heavy (non-hydrogen) atoms. The smallest absolute Gasteiger partial charge is 0.320 e. The van der Waals surface area contributed by atoms with Gasteiger partial charge in [-0.1, -0.05) is 35.5 Å². The first-order chi connectivity index (χ1) is 14.5. The van der Waals surface area contributed by atoms with Gasteiger partial charge in [0.05, 0.1) is 40.8 Å². The van der Waals surface area contributed by atoms with E-state index in [0.29, 0.717) is 38.7 Å². The van der Waals surface area contributed by atoms with E-state index in [2.05, 4.69) is 9.97 Å². The highest BCUT2D eigenvalue weighted by Gasteiger charge is 2.19. The van der Waals surface area contributed by atoms with Gasteiger partial charge in [-0.2, -0.15) is 8.78 Å². The van der Waals surface area contributed by atoms with Crippen molar-refractivity contribution in [1.29, 1.82) is 0 Å². The van der Waals surface area contributed by atoms with Crippen molar-refractivity contribution in [3.05, 3.63) is 63.7 Å². The maximum atomic E-state index is 13.7. The molecular weight excluding hydrogens is 434 g/mol. The number of fused-ring (bicyclic) bond motifs is 2. The van der Waals surface area contributed by atoms with Crippen molar-refractivity contribution >= 4 is 45.3 Å². The lowest BCUT2D eigenvalue weighted by atomic mass is 10.2. The van der Waals surface area contributed by atoms with Gasteiger partial charge in [0.15, 0.2) is 5.16 Å². The zero-order valence-electron chi connectivity index (χ0n) is 15.9. The van der Waals surface area contributed by atoms with Crippen LogP contribution in [0.4, 0.5) is 8.78 Å². The van der Waals surface area contributed by atoms with E-state index in [1.165, 1.54) is 23.4 Å². The third-order valence-electron chi connectivity index (χ3n) is 4.60. The lowest BCUT2D eigenvalue weighted by Crippen LogP contribution is -2.25. The Morgan fingerprint density at radius 1 is 1.17 bits per heavy atom. The van der Waals surface area contributed by atoms with Crippen molar-refractivity contribution in [3.63, 3.8) is 0 Å². The lowest BCUT2D eigenvalue weighted by Gasteiger charge is -2.13. The van der Waals surface area contributed by atoms with E-state index in [4.69, 9.17) is 16.3 Å². The number of thioether (sulfide) groups is 1. The number of hydrogen-bond donors (Lipinski definition) is 0. The van der Waals surface area contributed by atoms with Crippen LogP contribution in [0, 0.1) is 0 Å². The minimum atomic E-state index is -2.73. The van der Waals surface area contributed by atoms with Crippen molar-refractivity contribution in [1.82, 2.24) is 19.1 Å². The summed E-state index contributed by atoms with van der Waals surface area (Å²) in [5, 5.41) is 1.28. The summed E-state index contributed by atoms with van der Waals surface area (Å²) in [6, 6.07) is 11.6. The summed E-state index contributed by atoms with van der Waals surface area (Å²) in [5.41, 5.74) is 1.06. The van der Waals surface area contributed by atoms with Crippen LogP contribution in [0.3, 0.4) is 0 Å². The van der Waals surface area contributed by atoms with E-state index in [-0.39, 0.29) is 23.7 Å². The highest BCUT2D eigenvalue weighted by atomic mass is 35.5. The van der Waals surface area contributed by atoms with Crippen molar-refractivity contribution in [2.75, 3.05) is 13.7 Å². The van der Waals surface area contributed by atoms with Gasteiger partial charge < -0.3 is 4.74 Å². The number of para-hydroxylation sites is 2. The Morgan fingerprint density at radius 3 is 2.73 bits per heavy atom. The Bertz CT molecular complexity index is 1280. The minimum Gasteiger partial charge on any atom is -0.383 e. The second-order valence-electron chi connectivity index (χ2n) is 6.46. The normalized spacial score (nSPS) is 11.8. The van der Waals surface area contributed by atoms with Crippen LogP contribution < -0.4 is 5.56 Å². The molecule has 6 nitrogen and oxygen atoms in total. The molecule has 2 aromatic heterocycles. The molecule has 4 aromatic rings. The van der Waals surface area contributed by atoms with Crippen LogP contribution in [0.2, 0.25) is 5.02 Å². The quantitative estimate of drug-likeness (QED) is 0.301. The number of nitrogens with zero attached hydrogens (tertiary/aromatic N) is 4. The number of alkyl halides is 2. The molecule has 0 aliphatic rings. The molecule has 10 heteroatoms. The molecule has 2 heterocycles. The molecule has 156 valence electrons. The molecule has 0 saturated carbocycles. The van der Waals surface area contributed by atoms with Gasteiger partial charge in [0.1, 0.15) is 5.82 Å². The molecule has 0 atom stereocenters. The first-order valence-corrected chi connectivity index (χ1v) is 10.4. The van der Waals surface area contributed by atoms with E-state index in [1.54, 1.807) is 42.5 Å². The zero-order valence-corrected chi connectivity index (χ0v) is 17.5. The molecule has 0 N–H and O–H groups in total. The second-order valence-corrected chi connectivity index (χ2v) is 7.84. The monoisotopic (exact) mass is 450 g/mol. The van der Waals surface area contributed by atoms with Gasteiger partial charge in [-0.05, 0) is 30.3 Å². The summed E-state index contributed by atoms with van der Waals surface area (Å²) in [6.45, 7) is -2.13. The average Bonchev–Trinajstić information content (AvgIpc) is 3.10. The molecule has 0 spiro atoms. The van der Waals surface area contributed by atoms with Crippen molar-refractivity contribution < 1.29 is 13.5 Å². The number of rotatable bonds is 7. The van der Waals surface area contributed by atoms with E-state index < -0.39 is 6.55 Å². The van der Waals surface area contributed by atoms with E-state index >= 15 is 0 Å². The predicted octanol–water partition coefficient (Wildman–Crippen LogP) is 4.73. The number of imidazole rings is 1. The van der Waals surface area contributed by atoms with Gasteiger partial charge >= 0.3 is 6.55 Å². The number of hydrogen-bond acceptors (Lipinski definition) is 5. The molecule has 0 aliphatic heterocycles. The summed E-state index contributed by atoms with van der Waals surface area (Å²) in [7, 11) is 1.54. The number of benzene rings is 2.